The first-order chi connectivity index (χ1) is 21.3. The number of nitrogens with one attached hydrogen (secondary N) is 4. The van der Waals surface area contributed by atoms with Gasteiger partial charge >= 0.3 is 0 Å². The average Bonchev–Trinajstić information content (AvgIpc) is 3.27. The minimum atomic E-state index is -0.962. The van der Waals surface area contributed by atoms with Gasteiger partial charge < -0.3 is 42.9 Å². The SMILES string of the molecule is CCC(=O)NCCCCC(NC(=O)CC)C(=O)NC(CCCCNC(=O)CCn1c(O)cc(SCC(C)C(N)=O)c1O)C(N)=O. The van der Waals surface area contributed by atoms with E-state index in [9.17, 15) is 39.0 Å². The Morgan fingerprint density at radius 2 is 1.40 bits per heavy atom. The molecule has 1 heterocycles. The molecular weight excluding hydrogens is 606 g/mol. The maximum absolute atomic E-state index is 12.9. The highest BCUT2D eigenvalue weighted by atomic mass is 32.2. The molecule has 10 N–H and O–H groups in total. The molecule has 0 saturated carbocycles. The second-order valence-electron chi connectivity index (χ2n) is 10.7. The molecular formula is C29H49N7O8S. The number of aromatic hydroxyl groups is 2. The number of aromatic nitrogens is 1. The molecule has 0 aliphatic heterocycles. The summed E-state index contributed by atoms with van der Waals surface area (Å²) in [7, 11) is 0. The molecule has 16 heteroatoms. The summed E-state index contributed by atoms with van der Waals surface area (Å²) in [4.78, 5) is 72.2. The second-order valence-corrected chi connectivity index (χ2v) is 11.8. The van der Waals surface area contributed by atoms with Crippen molar-refractivity contribution in [3.05, 3.63) is 6.07 Å². The summed E-state index contributed by atoms with van der Waals surface area (Å²) in [5.41, 5.74) is 10.8. The molecule has 0 bridgehead atoms. The molecule has 0 aromatic carbocycles. The van der Waals surface area contributed by atoms with Gasteiger partial charge in [0.25, 0.3) is 0 Å². The Morgan fingerprint density at radius 3 is 1.96 bits per heavy atom. The molecule has 6 amide bonds. The second kappa shape index (κ2) is 20.9. The van der Waals surface area contributed by atoms with Crippen LogP contribution in [0.1, 0.15) is 78.6 Å². The lowest BCUT2D eigenvalue weighted by Crippen LogP contribution is -2.52. The van der Waals surface area contributed by atoms with Crippen molar-refractivity contribution in [3.8, 4) is 11.8 Å². The number of thioether (sulfide) groups is 1. The summed E-state index contributed by atoms with van der Waals surface area (Å²) >= 11 is 1.17. The van der Waals surface area contributed by atoms with Crippen LogP contribution >= 0.6 is 11.8 Å². The third kappa shape index (κ3) is 15.1. The Morgan fingerprint density at radius 1 is 0.822 bits per heavy atom. The summed E-state index contributed by atoms with van der Waals surface area (Å²) < 4.78 is 1.19. The molecule has 1 aromatic heterocycles. The maximum Gasteiger partial charge on any atom is 0.243 e. The number of carbonyl (C=O) groups is 6. The molecule has 0 radical (unpaired) electrons. The van der Waals surface area contributed by atoms with Crippen molar-refractivity contribution in [2.45, 2.75) is 102 Å². The molecule has 3 unspecified atom stereocenters. The predicted octanol–water partition coefficient (Wildman–Crippen LogP) is 0.351. The first kappa shape index (κ1) is 39.1. The molecule has 0 fully saturated rings. The third-order valence-electron chi connectivity index (χ3n) is 6.99. The third-order valence-corrected chi connectivity index (χ3v) is 8.27. The van der Waals surface area contributed by atoms with E-state index in [0.29, 0.717) is 55.7 Å². The van der Waals surface area contributed by atoms with E-state index in [0.717, 1.165) is 0 Å². The summed E-state index contributed by atoms with van der Waals surface area (Å²) in [6, 6.07) is -0.460. The molecule has 1 rings (SSSR count). The molecule has 3 atom stereocenters. The maximum atomic E-state index is 12.9. The lowest BCUT2D eigenvalue weighted by molar-refractivity contribution is -0.131. The molecule has 1 aromatic rings. The summed E-state index contributed by atoms with van der Waals surface area (Å²) in [6.45, 7) is 5.84. The first-order valence-electron chi connectivity index (χ1n) is 15.3. The Kier molecular flexibility index (Phi) is 18.2. The van der Waals surface area contributed by atoms with Crippen LogP contribution in [0, 0.1) is 5.92 Å². The molecule has 0 aliphatic carbocycles. The van der Waals surface area contributed by atoms with Crippen molar-refractivity contribution in [1.29, 1.82) is 0 Å². The summed E-state index contributed by atoms with van der Waals surface area (Å²) in [5, 5.41) is 31.3. The van der Waals surface area contributed by atoms with Crippen molar-refractivity contribution in [3.63, 3.8) is 0 Å². The number of unbranched alkanes of at least 4 members (excludes halogenated alkanes) is 2. The highest BCUT2D eigenvalue weighted by Gasteiger charge is 2.25. The highest BCUT2D eigenvalue weighted by molar-refractivity contribution is 7.99. The van der Waals surface area contributed by atoms with Gasteiger partial charge in [-0.1, -0.05) is 20.8 Å². The zero-order valence-corrected chi connectivity index (χ0v) is 27.2. The van der Waals surface area contributed by atoms with Crippen LogP contribution in [0.25, 0.3) is 0 Å². The number of primary amides is 2. The number of nitrogens with two attached hydrogens (primary N) is 2. The Labute approximate surface area is 268 Å². The van der Waals surface area contributed by atoms with Gasteiger partial charge in [-0.15, -0.1) is 11.8 Å². The van der Waals surface area contributed by atoms with E-state index in [1.54, 1.807) is 20.8 Å². The van der Waals surface area contributed by atoms with E-state index >= 15 is 0 Å². The fourth-order valence-corrected chi connectivity index (χ4v) is 5.10. The highest BCUT2D eigenvalue weighted by Crippen LogP contribution is 2.36. The van der Waals surface area contributed by atoms with Crippen molar-refractivity contribution in [2.24, 2.45) is 17.4 Å². The first-order valence-corrected chi connectivity index (χ1v) is 16.2. The molecule has 15 nitrogen and oxygen atoms in total. The van der Waals surface area contributed by atoms with Crippen molar-refractivity contribution >= 4 is 47.2 Å². The molecule has 45 heavy (non-hydrogen) atoms. The van der Waals surface area contributed by atoms with Gasteiger partial charge in [-0.05, 0) is 38.5 Å². The quantitative estimate of drug-likeness (QED) is 0.0598. The zero-order valence-electron chi connectivity index (χ0n) is 26.4. The molecule has 0 aliphatic rings. The minimum absolute atomic E-state index is 0.0204. The van der Waals surface area contributed by atoms with Gasteiger partial charge in [0.1, 0.15) is 12.1 Å². The van der Waals surface area contributed by atoms with Gasteiger partial charge in [0.05, 0.1) is 4.90 Å². The van der Waals surface area contributed by atoms with Crippen LogP contribution in [0.3, 0.4) is 0 Å². The van der Waals surface area contributed by atoms with Crippen LogP contribution in [-0.2, 0) is 35.3 Å². The summed E-state index contributed by atoms with van der Waals surface area (Å²) in [5.74, 6) is -2.93. The smallest absolute Gasteiger partial charge is 0.243 e. The largest absolute Gasteiger partial charge is 0.494 e. The van der Waals surface area contributed by atoms with E-state index in [-0.39, 0.29) is 61.8 Å². The number of carbonyl (C=O) groups excluding carboxylic acids is 6. The van der Waals surface area contributed by atoms with E-state index in [1.165, 1.54) is 22.4 Å². The fourth-order valence-electron chi connectivity index (χ4n) is 4.08. The van der Waals surface area contributed by atoms with Crippen molar-refractivity contribution in [1.82, 2.24) is 25.8 Å². The summed E-state index contributed by atoms with van der Waals surface area (Å²) in [6.07, 6.45) is 3.23. The molecule has 254 valence electrons. The Balaban J connectivity index is 2.50. The van der Waals surface area contributed by atoms with Crippen LogP contribution in [0.15, 0.2) is 11.0 Å². The van der Waals surface area contributed by atoms with E-state index in [1.807, 2.05) is 0 Å². The van der Waals surface area contributed by atoms with Gasteiger partial charge in [0, 0.05) is 56.6 Å². The van der Waals surface area contributed by atoms with Gasteiger partial charge in [-0.3, -0.25) is 33.3 Å². The van der Waals surface area contributed by atoms with Crippen molar-refractivity contribution in [2.75, 3.05) is 18.8 Å². The number of amides is 6. The molecule has 0 saturated heterocycles. The van der Waals surface area contributed by atoms with Crippen LogP contribution in [0.5, 0.6) is 11.8 Å². The van der Waals surface area contributed by atoms with Crippen molar-refractivity contribution < 1.29 is 39.0 Å². The van der Waals surface area contributed by atoms with E-state index in [2.05, 4.69) is 21.3 Å². The topological polar surface area (TPSA) is 248 Å². The number of hydrogen-bond donors (Lipinski definition) is 8. The Bertz CT molecular complexity index is 1160. The van der Waals surface area contributed by atoms with Gasteiger partial charge in [-0.25, -0.2) is 0 Å². The lowest BCUT2D eigenvalue weighted by Gasteiger charge is -2.22. The lowest BCUT2D eigenvalue weighted by atomic mass is 10.1. The standard InChI is InChI=1S/C29H49N7O8S/c1-4-22(37)32-13-9-7-11-20(34-23(38)5-2)28(43)35-19(27(31)42)10-6-8-14-33-24(39)12-15-36-25(40)16-21(29(36)44)45-17-18(3)26(30)41/h16,18-20,40,44H,4-15,17H2,1-3H3,(H2,30,41)(H2,31,42)(H,32,37)(H,33,39)(H,34,38)(H,35,43). The number of nitrogens with zero attached hydrogens (tertiary/aromatic N) is 1. The van der Waals surface area contributed by atoms with Gasteiger partial charge in [0.15, 0.2) is 5.88 Å². The Hall–Kier alpha value is -3.95. The minimum Gasteiger partial charge on any atom is -0.494 e. The van der Waals surface area contributed by atoms with Gasteiger partial charge in [-0.2, -0.15) is 0 Å². The number of rotatable bonds is 23. The predicted molar refractivity (Wildman–Crippen MR) is 169 cm³/mol. The van der Waals surface area contributed by atoms with Crippen LogP contribution in [0.4, 0.5) is 0 Å². The van der Waals surface area contributed by atoms with Gasteiger partial charge in [0.2, 0.25) is 41.3 Å². The fraction of sp³-hybridized carbons (Fsp3) is 0.655. The van der Waals surface area contributed by atoms with Crippen LogP contribution < -0.4 is 32.7 Å². The normalized spacial score (nSPS) is 12.9. The molecule has 0 spiro atoms. The van der Waals surface area contributed by atoms with Crippen LogP contribution in [0.2, 0.25) is 0 Å². The average molecular weight is 656 g/mol. The number of hydrogen-bond acceptors (Lipinski definition) is 9. The van der Waals surface area contributed by atoms with Crippen LogP contribution in [-0.4, -0.2) is 81.1 Å². The zero-order chi connectivity index (χ0) is 33.9. The monoisotopic (exact) mass is 655 g/mol. The van der Waals surface area contributed by atoms with E-state index < -0.39 is 35.7 Å². The van der Waals surface area contributed by atoms with E-state index in [4.69, 9.17) is 11.5 Å².